The third-order valence-electron chi connectivity index (χ3n) is 3.91. The predicted octanol–water partition coefficient (Wildman–Crippen LogP) is 0.800. The lowest BCUT2D eigenvalue weighted by Gasteiger charge is -2.39. The van der Waals surface area contributed by atoms with Gasteiger partial charge < -0.3 is 5.32 Å². The zero-order valence-corrected chi connectivity index (χ0v) is 11.0. The molecule has 2 aliphatic heterocycles. The van der Waals surface area contributed by atoms with E-state index < -0.39 is 10.0 Å². The van der Waals surface area contributed by atoms with E-state index in [-0.39, 0.29) is 10.7 Å². The third kappa shape index (κ3) is 2.13. The van der Waals surface area contributed by atoms with E-state index in [1.165, 1.54) is 6.42 Å². The SMILES string of the molecule is CC(C)S(=O)(=O)N1CCC[C@]2(CCNC2)C1. The van der Waals surface area contributed by atoms with E-state index in [2.05, 4.69) is 5.32 Å². The molecule has 0 bridgehead atoms. The van der Waals surface area contributed by atoms with Crippen molar-refractivity contribution in [1.29, 1.82) is 0 Å². The number of nitrogens with one attached hydrogen (secondary N) is 1. The molecule has 2 fully saturated rings. The highest BCUT2D eigenvalue weighted by Crippen LogP contribution is 2.36. The first-order valence-corrected chi connectivity index (χ1v) is 7.66. The summed E-state index contributed by atoms with van der Waals surface area (Å²) in [6.07, 6.45) is 3.30. The van der Waals surface area contributed by atoms with Crippen LogP contribution in [-0.2, 0) is 10.0 Å². The highest BCUT2D eigenvalue weighted by atomic mass is 32.2. The highest BCUT2D eigenvalue weighted by Gasteiger charge is 2.41. The molecule has 4 nitrogen and oxygen atoms in total. The van der Waals surface area contributed by atoms with Crippen LogP contribution >= 0.6 is 0 Å². The molecular weight excluding hydrogens is 224 g/mol. The third-order valence-corrected chi connectivity index (χ3v) is 6.14. The molecule has 2 saturated heterocycles. The minimum Gasteiger partial charge on any atom is -0.316 e. The van der Waals surface area contributed by atoms with Crippen molar-refractivity contribution in [2.75, 3.05) is 26.2 Å². The summed E-state index contributed by atoms with van der Waals surface area (Å²) in [5.41, 5.74) is 0.222. The van der Waals surface area contributed by atoms with Crippen LogP contribution in [0.25, 0.3) is 0 Å². The Bertz CT molecular complexity index is 345. The van der Waals surface area contributed by atoms with Gasteiger partial charge >= 0.3 is 0 Å². The Morgan fingerprint density at radius 1 is 1.31 bits per heavy atom. The number of sulfonamides is 1. The average molecular weight is 246 g/mol. The fourth-order valence-corrected chi connectivity index (χ4v) is 4.26. The van der Waals surface area contributed by atoms with E-state index in [0.717, 1.165) is 32.5 Å². The maximum atomic E-state index is 12.1. The first-order chi connectivity index (χ1) is 7.46. The van der Waals surface area contributed by atoms with Gasteiger partial charge in [0.1, 0.15) is 0 Å². The smallest absolute Gasteiger partial charge is 0.216 e. The fraction of sp³-hybridized carbons (Fsp3) is 1.00. The molecule has 0 radical (unpaired) electrons. The summed E-state index contributed by atoms with van der Waals surface area (Å²) in [4.78, 5) is 0. The largest absolute Gasteiger partial charge is 0.316 e. The van der Waals surface area contributed by atoms with Crippen LogP contribution < -0.4 is 5.32 Å². The van der Waals surface area contributed by atoms with Gasteiger partial charge in [0.05, 0.1) is 5.25 Å². The summed E-state index contributed by atoms with van der Waals surface area (Å²) in [5.74, 6) is 0. The highest BCUT2D eigenvalue weighted by molar-refractivity contribution is 7.89. The van der Waals surface area contributed by atoms with Crippen molar-refractivity contribution in [3.05, 3.63) is 0 Å². The van der Waals surface area contributed by atoms with Crippen molar-refractivity contribution in [1.82, 2.24) is 9.62 Å². The molecule has 5 heteroatoms. The van der Waals surface area contributed by atoms with E-state index in [1.807, 2.05) is 0 Å². The molecule has 0 aliphatic carbocycles. The number of piperidine rings is 1. The van der Waals surface area contributed by atoms with Gasteiger partial charge in [-0.3, -0.25) is 0 Å². The minimum atomic E-state index is -3.06. The summed E-state index contributed by atoms with van der Waals surface area (Å²) >= 11 is 0. The molecule has 1 N–H and O–H groups in total. The number of hydrogen-bond donors (Lipinski definition) is 1. The maximum Gasteiger partial charge on any atom is 0.216 e. The zero-order chi connectivity index (χ0) is 11.8. The van der Waals surface area contributed by atoms with Crippen molar-refractivity contribution in [3.63, 3.8) is 0 Å². The lowest BCUT2D eigenvalue weighted by Crippen LogP contribution is -2.48. The predicted molar refractivity (Wildman–Crippen MR) is 64.8 cm³/mol. The minimum absolute atomic E-state index is 0.222. The molecule has 1 atom stereocenters. The molecular formula is C11H22N2O2S. The lowest BCUT2D eigenvalue weighted by atomic mass is 9.80. The van der Waals surface area contributed by atoms with Gasteiger partial charge in [-0.2, -0.15) is 0 Å². The van der Waals surface area contributed by atoms with E-state index in [1.54, 1.807) is 18.2 Å². The van der Waals surface area contributed by atoms with Crippen LogP contribution in [0.4, 0.5) is 0 Å². The second-order valence-corrected chi connectivity index (χ2v) is 7.95. The average Bonchev–Trinajstić information content (AvgIpc) is 2.66. The Labute approximate surface area is 98.4 Å². The molecule has 0 unspecified atom stereocenters. The Morgan fingerprint density at radius 2 is 2.06 bits per heavy atom. The standard InChI is InChI=1S/C11H22N2O2S/c1-10(2)16(14,15)13-7-3-4-11(9-13)5-6-12-8-11/h10,12H,3-9H2,1-2H3/t11-/m1/s1. The Morgan fingerprint density at radius 3 is 2.62 bits per heavy atom. The Balaban J connectivity index is 2.13. The van der Waals surface area contributed by atoms with Gasteiger partial charge in [0.2, 0.25) is 10.0 Å². The summed E-state index contributed by atoms with van der Waals surface area (Å²) in [6, 6.07) is 0. The van der Waals surface area contributed by atoms with Gasteiger partial charge in [-0.15, -0.1) is 0 Å². The normalized spacial score (nSPS) is 32.7. The molecule has 94 valence electrons. The van der Waals surface area contributed by atoms with E-state index in [9.17, 15) is 8.42 Å². The van der Waals surface area contributed by atoms with Crippen molar-refractivity contribution in [3.8, 4) is 0 Å². The van der Waals surface area contributed by atoms with Crippen LogP contribution in [0.15, 0.2) is 0 Å². The van der Waals surface area contributed by atoms with Crippen molar-refractivity contribution >= 4 is 10.0 Å². The van der Waals surface area contributed by atoms with Gasteiger partial charge in [0.15, 0.2) is 0 Å². The van der Waals surface area contributed by atoms with Crippen molar-refractivity contribution < 1.29 is 8.42 Å². The topological polar surface area (TPSA) is 49.4 Å². The molecule has 2 aliphatic rings. The number of hydrogen-bond acceptors (Lipinski definition) is 3. The first kappa shape index (κ1) is 12.3. The Kier molecular flexibility index (Phi) is 3.29. The first-order valence-electron chi connectivity index (χ1n) is 6.16. The fourth-order valence-electron chi connectivity index (χ4n) is 2.82. The van der Waals surface area contributed by atoms with Crippen LogP contribution in [0.2, 0.25) is 0 Å². The van der Waals surface area contributed by atoms with E-state index >= 15 is 0 Å². The number of rotatable bonds is 2. The van der Waals surface area contributed by atoms with E-state index in [4.69, 9.17) is 0 Å². The van der Waals surface area contributed by atoms with Crippen LogP contribution in [-0.4, -0.2) is 44.2 Å². The van der Waals surface area contributed by atoms with Crippen LogP contribution in [0.3, 0.4) is 0 Å². The molecule has 0 aromatic carbocycles. The van der Waals surface area contributed by atoms with Crippen LogP contribution in [0.1, 0.15) is 33.1 Å². The van der Waals surface area contributed by atoms with Crippen molar-refractivity contribution in [2.24, 2.45) is 5.41 Å². The van der Waals surface area contributed by atoms with Crippen LogP contribution in [0, 0.1) is 5.41 Å². The Hall–Kier alpha value is -0.130. The second-order valence-electron chi connectivity index (χ2n) is 5.46. The molecule has 1 spiro atoms. The van der Waals surface area contributed by atoms with Gasteiger partial charge in [0, 0.05) is 19.6 Å². The molecule has 2 rings (SSSR count). The maximum absolute atomic E-state index is 12.1. The van der Waals surface area contributed by atoms with Gasteiger partial charge in [0.25, 0.3) is 0 Å². The summed E-state index contributed by atoms with van der Waals surface area (Å²) < 4.78 is 26.0. The lowest BCUT2D eigenvalue weighted by molar-refractivity contribution is 0.166. The van der Waals surface area contributed by atoms with Crippen LogP contribution in [0.5, 0.6) is 0 Å². The molecule has 0 amide bonds. The zero-order valence-electron chi connectivity index (χ0n) is 10.2. The van der Waals surface area contributed by atoms with Crippen molar-refractivity contribution in [2.45, 2.75) is 38.4 Å². The van der Waals surface area contributed by atoms with Gasteiger partial charge in [-0.25, -0.2) is 12.7 Å². The molecule has 0 aromatic heterocycles. The van der Waals surface area contributed by atoms with Gasteiger partial charge in [-0.1, -0.05) is 0 Å². The molecule has 16 heavy (non-hydrogen) atoms. The summed E-state index contributed by atoms with van der Waals surface area (Å²) in [6.45, 7) is 6.99. The van der Waals surface area contributed by atoms with Gasteiger partial charge in [-0.05, 0) is 45.1 Å². The summed E-state index contributed by atoms with van der Waals surface area (Å²) in [7, 11) is -3.06. The summed E-state index contributed by atoms with van der Waals surface area (Å²) in [5, 5.41) is 3.07. The molecule has 0 aromatic rings. The molecule has 0 saturated carbocycles. The van der Waals surface area contributed by atoms with E-state index in [0.29, 0.717) is 6.54 Å². The molecule has 2 heterocycles. The quantitative estimate of drug-likeness (QED) is 0.784. The number of nitrogens with zero attached hydrogens (tertiary/aromatic N) is 1. The monoisotopic (exact) mass is 246 g/mol. The second kappa shape index (κ2) is 4.27.